The lowest BCUT2D eigenvalue weighted by atomic mass is 10.1. The van der Waals surface area contributed by atoms with E-state index in [4.69, 9.17) is 10.2 Å². The van der Waals surface area contributed by atoms with Gasteiger partial charge in [-0.05, 0) is 6.07 Å². The lowest BCUT2D eigenvalue weighted by Crippen LogP contribution is -2.35. The van der Waals surface area contributed by atoms with Crippen LogP contribution in [0, 0.1) is 17.5 Å². The van der Waals surface area contributed by atoms with E-state index in [2.05, 4.69) is 4.72 Å². The third-order valence-electron chi connectivity index (χ3n) is 2.27. The summed E-state index contributed by atoms with van der Waals surface area (Å²) in [5.74, 6) is -4.60. The highest BCUT2D eigenvalue weighted by molar-refractivity contribution is 7.94. The summed E-state index contributed by atoms with van der Waals surface area (Å²) in [5, 5.41) is 17.8. The highest BCUT2D eigenvalue weighted by Gasteiger charge is 2.21. The number of hydrogen-bond donors (Lipinski definition) is 2. The largest absolute Gasteiger partial charge is 0.536 e. The molecule has 19 heavy (non-hydrogen) atoms. The molecule has 108 valence electrons. The standard InChI is InChI=1S/C10H11F3NO4S/c1-10(4-15,5-16)14-19(17,18)9-3-7(12)6(11)2-8(9)13/h2-3,15-16H,4-5H2,1H3/q-1. The summed E-state index contributed by atoms with van der Waals surface area (Å²) in [6.45, 7) is -0.551. The van der Waals surface area contributed by atoms with Gasteiger partial charge in [0.05, 0.1) is 4.90 Å². The van der Waals surface area contributed by atoms with Crippen LogP contribution in [0.5, 0.6) is 0 Å². The molecule has 1 rings (SSSR count). The molecule has 0 atom stereocenters. The zero-order valence-electron chi connectivity index (χ0n) is 9.77. The Morgan fingerprint density at radius 1 is 1.11 bits per heavy atom. The summed E-state index contributed by atoms with van der Waals surface area (Å²) < 4.78 is 65.6. The number of benzene rings is 1. The van der Waals surface area contributed by atoms with Crippen LogP contribution >= 0.6 is 0 Å². The molecule has 0 heterocycles. The summed E-state index contributed by atoms with van der Waals surface area (Å²) >= 11 is 0. The van der Waals surface area contributed by atoms with Gasteiger partial charge in [-0.1, -0.05) is 12.5 Å². The molecule has 2 N–H and O–H groups in total. The molecule has 0 aliphatic carbocycles. The minimum absolute atomic E-state index is 0.0764. The van der Waals surface area contributed by atoms with Crippen molar-refractivity contribution in [2.75, 3.05) is 13.2 Å². The smallest absolute Gasteiger partial charge is 0.161 e. The van der Waals surface area contributed by atoms with Crippen LogP contribution in [0.1, 0.15) is 6.92 Å². The van der Waals surface area contributed by atoms with Gasteiger partial charge >= 0.3 is 0 Å². The lowest BCUT2D eigenvalue weighted by molar-refractivity contribution is 0.156. The second-order valence-electron chi connectivity index (χ2n) is 4.08. The first-order valence-corrected chi connectivity index (χ1v) is 6.44. The Morgan fingerprint density at radius 2 is 1.58 bits per heavy atom. The van der Waals surface area contributed by atoms with Crippen LogP contribution in [0.25, 0.3) is 4.72 Å². The molecule has 0 amide bonds. The van der Waals surface area contributed by atoms with E-state index in [9.17, 15) is 21.6 Å². The molecule has 1 aromatic carbocycles. The molecule has 0 saturated heterocycles. The molecule has 0 radical (unpaired) electrons. The maximum atomic E-state index is 13.3. The fourth-order valence-electron chi connectivity index (χ4n) is 1.15. The van der Waals surface area contributed by atoms with Crippen molar-refractivity contribution in [1.82, 2.24) is 0 Å². The first-order chi connectivity index (χ1) is 8.65. The molecule has 0 unspecified atom stereocenters. The Balaban J connectivity index is 3.25. The van der Waals surface area contributed by atoms with Gasteiger partial charge < -0.3 is 14.9 Å². The summed E-state index contributed by atoms with van der Waals surface area (Å²) in [4.78, 5) is -1.17. The average Bonchev–Trinajstić information content (AvgIpc) is 2.33. The van der Waals surface area contributed by atoms with Crippen molar-refractivity contribution in [3.8, 4) is 0 Å². The van der Waals surface area contributed by atoms with Crippen molar-refractivity contribution < 1.29 is 31.8 Å². The summed E-state index contributed by atoms with van der Waals surface area (Å²) in [6.07, 6.45) is 0. The number of aliphatic hydroxyl groups excluding tert-OH is 2. The van der Waals surface area contributed by atoms with Gasteiger partial charge in [0.1, 0.15) is 15.8 Å². The highest BCUT2D eigenvalue weighted by atomic mass is 32.2. The van der Waals surface area contributed by atoms with Gasteiger partial charge in [0.15, 0.2) is 11.6 Å². The van der Waals surface area contributed by atoms with E-state index in [0.717, 1.165) is 6.92 Å². The van der Waals surface area contributed by atoms with E-state index >= 15 is 0 Å². The fourth-order valence-corrected chi connectivity index (χ4v) is 2.50. The van der Waals surface area contributed by atoms with Gasteiger partial charge in [0.25, 0.3) is 0 Å². The van der Waals surface area contributed by atoms with E-state index in [-0.39, 0.29) is 12.1 Å². The van der Waals surface area contributed by atoms with Gasteiger partial charge in [-0.25, -0.2) is 21.6 Å². The van der Waals surface area contributed by atoms with Crippen LogP contribution in [0.4, 0.5) is 13.2 Å². The first-order valence-electron chi connectivity index (χ1n) is 5.00. The normalized spacial score (nSPS) is 12.7. The third kappa shape index (κ3) is 3.44. The Kier molecular flexibility index (Phi) is 4.56. The molecule has 0 aliphatic rings. The second kappa shape index (κ2) is 5.45. The molecule has 0 aromatic heterocycles. The number of halogens is 3. The molecule has 1 aromatic rings. The van der Waals surface area contributed by atoms with E-state index in [1.165, 1.54) is 0 Å². The van der Waals surface area contributed by atoms with Gasteiger partial charge in [-0.15, -0.1) is 0 Å². The summed E-state index contributed by atoms with van der Waals surface area (Å²) in [7, 11) is -4.69. The van der Waals surface area contributed by atoms with Crippen LogP contribution in [-0.4, -0.2) is 37.4 Å². The van der Waals surface area contributed by atoms with Crippen molar-refractivity contribution in [2.45, 2.75) is 17.4 Å². The fraction of sp³-hybridized carbons (Fsp3) is 0.400. The molecule has 0 fully saturated rings. The van der Waals surface area contributed by atoms with Crippen LogP contribution in [0.2, 0.25) is 0 Å². The van der Waals surface area contributed by atoms with Crippen LogP contribution in [-0.2, 0) is 10.0 Å². The molecule has 9 heteroatoms. The monoisotopic (exact) mass is 298 g/mol. The minimum atomic E-state index is -4.69. The highest BCUT2D eigenvalue weighted by Crippen LogP contribution is 2.28. The lowest BCUT2D eigenvalue weighted by Gasteiger charge is -2.39. The second-order valence-corrected chi connectivity index (χ2v) is 5.65. The van der Waals surface area contributed by atoms with Crippen molar-refractivity contribution in [3.05, 3.63) is 34.3 Å². The third-order valence-corrected chi connectivity index (χ3v) is 3.82. The molecule has 0 bridgehead atoms. The number of sulfonamides is 1. The van der Waals surface area contributed by atoms with Crippen molar-refractivity contribution in [2.24, 2.45) is 0 Å². The predicted octanol–water partition coefficient (Wildman–Crippen LogP) is 0.910. The Labute approximate surface area is 107 Å². The molecular formula is C10H11F3NO4S-. The van der Waals surface area contributed by atoms with Gasteiger partial charge in [-0.2, -0.15) is 0 Å². The van der Waals surface area contributed by atoms with Crippen molar-refractivity contribution >= 4 is 10.0 Å². The number of aliphatic hydroxyl groups is 2. The Morgan fingerprint density at radius 3 is 2.05 bits per heavy atom. The van der Waals surface area contributed by atoms with E-state index in [0.29, 0.717) is 0 Å². The summed E-state index contributed by atoms with van der Waals surface area (Å²) in [6, 6.07) is 0.228. The quantitative estimate of drug-likeness (QED) is 0.791. The van der Waals surface area contributed by atoms with Gasteiger partial charge in [0.2, 0.25) is 0 Å². The Bertz CT molecular complexity index is 572. The number of hydrogen-bond acceptors (Lipinski definition) is 4. The average molecular weight is 298 g/mol. The molecule has 5 nitrogen and oxygen atoms in total. The van der Waals surface area contributed by atoms with E-state index in [1.54, 1.807) is 0 Å². The number of rotatable bonds is 5. The van der Waals surface area contributed by atoms with Gasteiger partial charge in [0, 0.05) is 19.3 Å². The van der Waals surface area contributed by atoms with E-state index < -0.39 is 51.1 Å². The molecular weight excluding hydrogens is 287 g/mol. The molecule has 0 aliphatic heterocycles. The van der Waals surface area contributed by atoms with Crippen LogP contribution < -0.4 is 0 Å². The predicted molar refractivity (Wildman–Crippen MR) is 59.4 cm³/mol. The minimum Gasteiger partial charge on any atom is -0.536 e. The van der Waals surface area contributed by atoms with Gasteiger partial charge in [-0.3, -0.25) is 0 Å². The van der Waals surface area contributed by atoms with Crippen molar-refractivity contribution in [3.63, 3.8) is 0 Å². The molecule has 0 saturated carbocycles. The topological polar surface area (TPSA) is 88.7 Å². The zero-order valence-corrected chi connectivity index (χ0v) is 10.6. The zero-order chi connectivity index (χ0) is 14.8. The maximum absolute atomic E-state index is 13.3. The van der Waals surface area contributed by atoms with E-state index in [1.807, 2.05) is 0 Å². The molecule has 0 spiro atoms. The number of nitrogens with zero attached hydrogens (tertiary/aromatic N) is 1. The Hall–Kier alpha value is -1.16. The SMILES string of the molecule is CC(CO)(CO)[N-]S(=O)(=O)c1cc(F)c(F)cc1F. The van der Waals surface area contributed by atoms with Crippen LogP contribution in [0.3, 0.4) is 0 Å². The van der Waals surface area contributed by atoms with Crippen LogP contribution in [0.15, 0.2) is 17.0 Å². The van der Waals surface area contributed by atoms with Crippen molar-refractivity contribution in [1.29, 1.82) is 0 Å². The first kappa shape index (κ1) is 15.9. The maximum Gasteiger partial charge on any atom is 0.161 e. The summed E-state index contributed by atoms with van der Waals surface area (Å²) in [5.41, 5.74) is -1.78.